The van der Waals surface area contributed by atoms with Gasteiger partial charge in [0.15, 0.2) is 0 Å². The van der Waals surface area contributed by atoms with Crippen LogP contribution in [0.5, 0.6) is 5.75 Å². The van der Waals surface area contributed by atoms with Gasteiger partial charge in [-0.2, -0.15) is 0 Å². The van der Waals surface area contributed by atoms with Gasteiger partial charge < -0.3 is 28.4 Å². The van der Waals surface area contributed by atoms with E-state index in [1.807, 2.05) is 0 Å². The molecule has 0 radical (unpaired) electrons. The Morgan fingerprint density at radius 1 is 0.306 bits per heavy atom. The Hall–Kier alpha value is -1.18. The molecule has 0 bridgehead atoms. The van der Waals surface area contributed by atoms with Crippen molar-refractivity contribution >= 4 is 0 Å². The summed E-state index contributed by atoms with van der Waals surface area (Å²) in [6.07, 6.45) is 32.9. The number of benzene rings is 1. The van der Waals surface area contributed by atoms with E-state index in [2.05, 4.69) is 38.1 Å². The Bertz CT molecular complexity index is 742. The molecule has 288 valence electrons. The number of rotatable bonds is 41. The first-order valence-corrected chi connectivity index (χ1v) is 21.0. The molecule has 6 heteroatoms. The van der Waals surface area contributed by atoms with Crippen molar-refractivity contribution in [3.63, 3.8) is 0 Å². The zero-order valence-electron chi connectivity index (χ0n) is 32.5. The molecular formula is C43H80O6. The molecule has 1 aromatic rings. The minimum Gasteiger partial charge on any atom is -0.491 e. The highest BCUT2D eigenvalue weighted by Crippen LogP contribution is 2.16. The SMILES string of the molecule is CCCCCCCCCCCCCCCCCCOCCOCCOCCOCCOCCOc1ccc(CCCCCCCCC)cc1. The van der Waals surface area contributed by atoms with Gasteiger partial charge in [0.2, 0.25) is 0 Å². The molecule has 0 atom stereocenters. The van der Waals surface area contributed by atoms with E-state index in [0.717, 1.165) is 25.2 Å². The standard InChI is InChI=1S/C43H80O6/c1-3-5-7-9-11-12-13-14-15-16-17-18-19-21-23-25-31-44-32-33-45-34-35-46-36-37-47-38-39-48-40-41-49-43-29-27-42(28-30-43)26-24-22-20-10-8-6-4-2/h27-30H,3-26,31-41H2,1-2H3. The zero-order chi connectivity index (χ0) is 35.0. The van der Waals surface area contributed by atoms with Gasteiger partial charge in [-0.25, -0.2) is 0 Å². The minimum absolute atomic E-state index is 0.546. The molecule has 0 N–H and O–H groups in total. The normalized spacial score (nSPS) is 11.5. The molecule has 0 heterocycles. The summed E-state index contributed by atoms with van der Waals surface area (Å²) in [5.74, 6) is 0.905. The molecule has 6 nitrogen and oxygen atoms in total. The highest BCUT2D eigenvalue weighted by Gasteiger charge is 1.99. The van der Waals surface area contributed by atoms with Gasteiger partial charge in [0.25, 0.3) is 0 Å². The predicted octanol–water partition coefficient (Wildman–Crippen LogP) is 11.7. The Labute approximate surface area is 304 Å². The van der Waals surface area contributed by atoms with Crippen LogP contribution in [-0.2, 0) is 30.1 Å². The molecule has 0 fully saturated rings. The van der Waals surface area contributed by atoms with E-state index >= 15 is 0 Å². The molecule has 0 saturated carbocycles. The van der Waals surface area contributed by atoms with Gasteiger partial charge in [0, 0.05) is 6.61 Å². The van der Waals surface area contributed by atoms with Crippen LogP contribution in [0.4, 0.5) is 0 Å². The molecule has 49 heavy (non-hydrogen) atoms. The lowest BCUT2D eigenvalue weighted by molar-refractivity contribution is -0.0128. The van der Waals surface area contributed by atoms with Crippen LogP contribution in [0.15, 0.2) is 24.3 Å². The van der Waals surface area contributed by atoms with Crippen LogP contribution < -0.4 is 4.74 Å². The second-order valence-electron chi connectivity index (χ2n) is 13.7. The van der Waals surface area contributed by atoms with E-state index in [1.54, 1.807) is 0 Å². The summed E-state index contributed by atoms with van der Waals surface area (Å²) in [6.45, 7) is 11.2. The summed E-state index contributed by atoms with van der Waals surface area (Å²) in [7, 11) is 0. The van der Waals surface area contributed by atoms with Crippen molar-refractivity contribution in [2.75, 3.05) is 72.7 Å². The maximum atomic E-state index is 5.80. The third kappa shape index (κ3) is 35.0. The van der Waals surface area contributed by atoms with Crippen molar-refractivity contribution in [1.82, 2.24) is 0 Å². The fraction of sp³-hybridized carbons (Fsp3) is 0.860. The van der Waals surface area contributed by atoms with Crippen LogP contribution in [0.25, 0.3) is 0 Å². The molecule has 1 aromatic carbocycles. The number of unbranched alkanes of at least 4 members (excludes halogenated alkanes) is 21. The van der Waals surface area contributed by atoms with E-state index in [-0.39, 0.29) is 0 Å². The summed E-state index contributed by atoms with van der Waals surface area (Å²) < 4.78 is 33.9. The third-order valence-corrected chi connectivity index (χ3v) is 9.12. The monoisotopic (exact) mass is 693 g/mol. The zero-order valence-corrected chi connectivity index (χ0v) is 32.5. The Kier molecular flexibility index (Phi) is 37.1. The first kappa shape index (κ1) is 45.8. The van der Waals surface area contributed by atoms with Crippen LogP contribution in [0.1, 0.15) is 167 Å². The van der Waals surface area contributed by atoms with Crippen LogP contribution in [-0.4, -0.2) is 72.7 Å². The van der Waals surface area contributed by atoms with Crippen LogP contribution >= 0.6 is 0 Å². The van der Waals surface area contributed by atoms with E-state index in [1.165, 1.54) is 147 Å². The van der Waals surface area contributed by atoms with Gasteiger partial charge in [0.05, 0.1) is 59.5 Å². The fourth-order valence-corrected chi connectivity index (χ4v) is 5.99. The lowest BCUT2D eigenvalue weighted by Gasteiger charge is -2.09. The van der Waals surface area contributed by atoms with Crippen molar-refractivity contribution < 1.29 is 28.4 Å². The van der Waals surface area contributed by atoms with E-state index in [4.69, 9.17) is 28.4 Å². The minimum atomic E-state index is 0.546. The van der Waals surface area contributed by atoms with Crippen molar-refractivity contribution in [2.45, 2.75) is 168 Å². The van der Waals surface area contributed by atoms with E-state index < -0.39 is 0 Å². The van der Waals surface area contributed by atoms with Crippen LogP contribution in [0, 0.1) is 0 Å². The predicted molar refractivity (Wildman–Crippen MR) is 207 cm³/mol. The van der Waals surface area contributed by atoms with E-state index in [9.17, 15) is 0 Å². The number of aryl methyl sites for hydroxylation is 1. The molecule has 0 aromatic heterocycles. The highest BCUT2D eigenvalue weighted by atomic mass is 16.6. The molecule has 0 spiro atoms. The number of ether oxygens (including phenoxy) is 6. The molecule has 0 aliphatic carbocycles. The largest absolute Gasteiger partial charge is 0.491 e. The summed E-state index contributed by atoms with van der Waals surface area (Å²) >= 11 is 0. The topological polar surface area (TPSA) is 55.4 Å². The first-order valence-electron chi connectivity index (χ1n) is 21.0. The van der Waals surface area contributed by atoms with E-state index in [0.29, 0.717) is 66.1 Å². The van der Waals surface area contributed by atoms with Crippen molar-refractivity contribution in [1.29, 1.82) is 0 Å². The van der Waals surface area contributed by atoms with Gasteiger partial charge in [0.1, 0.15) is 12.4 Å². The summed E-state index contributed by atoms with van der Waals surface area (Å²) in [6, 6.07) is 8.52. The summed E-state index contributed by atoms with van der Waals surface area (Å²) in [4.78, 5) is 0. The van der Waals surface area contributed by atoms with Gasteiger partial charge in [-0.1, -0.05) is 161 Å². The van der Waals surface area contributed by atoms with Gasteiger partial charge in [-0.3, -0.25) is 0 Å². The van der Waals surface area contributed by atoms with Crippen molar-refractivity contribution in [3.05, 3.63) is 29.8 Å². The molecule has 1 rings (SSSR count). The third-order valence-electron chi connectivity index (χ3n) is 9.12. The van der Waals surface area contributed by atoms with Crippen LogP contribution in [0.3, 0.4) is 0 Å². The summed E-state index contributed by atoms with van der Waals surface area (Å²) in [5.41, 5.74) is 1.39. The van der Waals surface area contributed by atoms with Gasteiger partial charge in [-0.15, -0.1) is 0 Å². The second kappa shape index (κ2) is 39.6. The maximum absolute atomic E-state index is 5.80. The van der Waals surface area contributed by atoms with Gasteiger partial charge in [-0.05, 0) is 37.0 Å². The smallest absolute Gasteiger partial charge is 0.119 e. The Morgan fingerprint density at radius 3 is 1.00 bits per heavy atom. The number of hydrogen-bond donors (Lipinski definition) is 0. The average Bonchev–Trinajstić information content (AvgIpc) is 3.12. The Morgan fingerprint density at radius 2 is 0.612 bits per heavy atom. The number of hydrogen-bond acceptors (Lipinski definition) is 6. The van der Waals surface area contributed by atoms with Crippen LogP contribution in [0.2, 0.25) is 0 Å². The quantitative estimate of drug-likeness (QED) is 0.0637. The van der Waals surface area contributed by atoms with Gasteiger partial charge >= 0.3 is 0 Å². The lowest BCUT2D eigenvalue weighted by atomic mass is 10.0. The fourth-order valence-electron chi connectivity index (χ4n) is 5.99. The van der Waals surface area contributed by atoms with Crippen molar-refractivity contribution in [2.24, 2.45) is 0 Å². The molecule has 0 amide bonds. The molecule has 0 saturated heterocycles. The Balaban J connectivity index is 1.70. The molecule has 0 unspecified atom stereocenters. The first-order chi connectivity index (χ1) is 24.4. The maximum Gasteiger partial charge on any atom is 0.119 e. The molecular weight excluding hydrogens is 612 g/mol. The second-order valence-corrected chi connectivity index (χ2v) is 13.7. The average molecular weight is 693 g/mol. The van der Waals surface area contributed by atoms with Crippen molar-refractivity contribution in [3.8, 4) is 5.75 Å². The molecule has 0 aliphatic heterocycles. The lowest BCUT2D eigenvalue weighted by Crippen LogP contribution is -2.14. The summed E-state index contributed by atoms with van der Waals surface area (Å²) in [5, 5.41) is 0. The highest BCUT2D eigenvalue weighted by molar-refractivity contribution is 5.27. The molecule has 0 aliphatic rings.